The van der Waals surface area contributed by atoms with Gasteiger partial charge in [-0.15, -0.1) is 0 Å². The Labute approximate surface area is 206 Å². The number of fused-ring (bicyclic) bond motifs is 3. The van der Waals surface area contributed by atoms with Crippen molar-refractivity contribution in [3.8, 4) is 11.5 Å². The SMILES string of the molecule is COC(=O)c1ccccc1N1C(=O)[C@@H]2[C@H](C1=O)[C@H]1C=CC=NN1[C@H]2C(=O)c1ccc(OC)c(OC)c1. The molecule has 5 rings (SSSR count). The lowest BCUT2D eigenvalue weighted by Crippen LogP contribution is -2.46. The van der Waals surface area contributed by atoms with Gasteiger partial charge < -0.3 is 14.2 Å². The molecule has 0 radical (unpaired) electrons. The number of para-hydroxylation sites is 1. The minimum Gasteiger partial charge on any atom is -0.493 e. The first-order valence-electron chi connectivity index (χ1n) is 11.2. The molecule has 0 aliphatic carbocycles. The standard InChI is InChI=1S/C26H23N3O7/c1-34-18-11-10-14(13-19(18)35-2)23(30)22-21-20(17-9-6-12-27-29(17)22)24(31)28(25(21)32)16-8-5-4-7-15(16)26(33)36-3/h4-13,17,20-22H,1-3H3/t17-,20-,21-,22-/m1/s1. The Kier molecular flexibility index (Phi) is 5.79. The van der Waals surface area contributed by atoms with Gasteiger partial charge in [0.25, 0.3) is 0 Å². The molecule has 36 heavy (non-hydrogen) atoms. The predicted octanol–water partition coefficient (Wildman–Crippen LogP) is 2.09. The van der Waals surface area contributed by atoms with E-state index in [1.165, 1.54) is 44.7 Å². The zero-order valence-corrected chi connectivity index (χ0v) is 19.8. The van der Waals surface area contributed by atoms with Crippen molar-refractivity contribution < 1.29 is 33.4 Å². The van der Waals surface area contributed by atoms with Crippen LogP contribution in [-0.4, -0.2) is 68.2 Å². The Bertz CT molecular complexity index is 1330. The van der Waals surface area contributed by atoms with Crippen LogP contribution in [0, 0.1) is 11.8 Å². The Morgan fingerprint density at radius 1 is 0.917 bits per heavy atom. The van der Waals surface area contributed by atoms with Crippen LogP contribution in [0.3, 0.4) is 0 Å². The van der Waals surface area contributed by atoms with Crippen molar-refractivity contribution in [3.63, 3.8) is 0 Å². The van der Waals surface area contributed by atoms with E-state index in [1.807, 2.05) is 0 Å². The van der Waals surface area contributed by atoms with Gasteiger partial charge in [0, 0.05) is 11.8 Å². The summed E-state index contributed by atoms with van der Waals surface area (Å²) in [5.74, 6) is -3.18. The summed E-state index contributed by atoms with van der Waals surface area (Å²) in [6, 6.07) is 9.34. The summed E-state index contributed by atoms with van der Waals surface area (Å²) >= 11 is 0. The lowest BCUT2D eigenvalue weighted by molar-refractivity contribution is -0.123. The van der Waals surface area contributed by atoms with E-state index in [9.17, 15) is 19.2 Å². The molecule has 184 valence electrons. The first-order chi connectivity index (χ1) is 17.4. The van der Waals surface area contributed by atoms with Gasteiger partial charge in [0.15, 0.2) is 17.3 Å². The molecule has 0 unspecified atom stereocenters. The highest BCUT2D eigenvalue weighted by atomic mass is 16.5. The Hall–Kier alpha value is -4.47. The van der Waals surface area contributed by atoms with E-state index in [0.717, 1.165) is 4.90 Å². The van der Waals surface area contributed by atoms with Crippen LogP contribution >= 0.6 is 0 Å². The third-order valence-electron chi connectivity index (χ3n) is 6.78. The number of carbonyl (C=O) groups excluding carboxylic acids is 4. The molecule has 10 nitrogen and oxygen atoms in total. The van der Waals surface area contributed by atoms with Crippen LogP contribution in [0.15, 0.2) is 59.7 Å². The number of allylic oxidation sites excluding steroid dienone is 1. The molecule has 0 N–H and O–H groups in total. The summed E-state index contributed by atoms with van der Waals surface area (Å²) in [6.45, 7) is 0. The summed E-state index contributed by atoms with van der Waals surface area (Å²) in [5, 5.41) is 5.87. The Morgan fingerprint density at radius 2 is 1.64 bits per heavy atom. The van der Waals surface area contributed by atoms with Crippen molar-refractivity contribution in [2.45, 2.75) is 12.1 Å². The molecule has 2 fully saturated rings. The molecule has 0 saturated carbocycles. The molecule has 10 heteroatoms. The van der Waals surface area contributed by atoms with Crippen LogP contribution in [-0.2, 0) is 14.3 Å². The van der Waals surface area contributed by atoms with Gasteiger partial charge in [0.2, 0.25) is 11.8 Å². The quantitative estimate of drug-likeness (QED) is 0.344. The number of carbonyl (C=O) groups is 4. The van der Waals surface area contributed by atoms with Crippen molar-refractivity contribution in [3.05, 3.63) is 65.7 Å². The molecule has 0 spiro atoms. The highest BCUT2D eigenvalue weighted by Crippen LogP contribution is 2.47. The van der Waals surface area contributed by atoms with Crippen molar-refractivity contribution in [2.24, 2.45) is 16.9 Å². The topological polar surface area (TPSA) is 115 Å². The van der Waals surface area contributed by atoms with Crippen LogP contribution in [0.5, 0.6) is 11.5 Å². The molecular weight excluding hydrogens is 466 g/mol. The fourth-order valence-corrected chi connectivity index (χ4v) is 5.19. The van der Waals surface area contributed by atoms with E-state index >= 15 is 0 Å². The van der Waals surface area contributed by atoms with Crippen LogP contribution < -0.4 is 14.4 Å². The predicted molar refractivity (Wildman–Crippen MR) is 128 cm³/mol. The number of nitrogens with zero attached hydrogens (tertiary/aromatic N) is 3. The zero-order chi connectivity index (χ0) is 25.6. The molecule has 2 aromatic rings. The lowest BCUT2D eigenvalue weighted by Gasteiger charge is -2.30. The number of methoxy groups -OCH3 is 3. The summed E-state index contributed by atoms with van der Waals surface area (Å²) in [5.41, 5.74) is 0.495. The van der Waals surface area contributed by atoms with E-state index in [0.29, 0.717) is 11.5 Å². The number of amides is 2. The second-order valence-corrected chi connectivity index (χ2v) is 8.47. The zero-order valence-electron chi connectivity index (χ0n) is 19.8. The first-order valence-corrected chi connectivity index (χ1v) is 11.2. The van der Waals surface area contributed by atoms with Crippen molar-refractivity contribution >= 4 is 35.5 Å². The van der Waals surface area contributed by atoms with E-state index < -0.39 is 41.7 Å². The minimum atomic E-state index is -1.04. The number of benzene rings is 2. The number of rotatable bonds is 6. The van der Waals surface area contributed by atoms with Gasteiger partial charge in [-0.25, -0.2) is 9.69 Å². The van der Waals surface area contributed by atoms with Gasteiger partial charge in [-0.05, 0) is 36.4 Å². The molecular formula is C26H23N3O7. The largest absolute Gasteiger partial charge is 0.493 e. The van der Waals surface area contributed by atoms with E-state index in [2.05, 4.69) is 5.10 Å². The molecule has 2 saturated heterocycles. The van der Waals surface area contributed by atoms with Gasteiger partial charge in [-0.3, -0.25) is 19.4 Å². The van der Waals surface area contributed by atoms with Gasteiger partial charge in [0.05, 0.1) is 50.5 Å². The Morgan fingerprint density at radius 3 is 2.36 bits per heavy atom. The maximum absolute atomic E-state index is 13.8. The number of hydrazone groups is 1. The number of ketones is 1. The smallest absolute Gasteiger partial charge is 0.339 e. The highest BCUT2D eigenvalue weighted by molar-refractivity contribution is 6.26. The second kappa shape index (κ2) is 8.95. The molecule has 3 aliphatic heterocycles. The van der Waals surface area contributed by atoms with Crippen LogP contribution in [0.2, 0.25) is 0 Å². The molecule has 0 aromatic heterocycles. The van der Waals surface area contributed by atoms with Crippen LogP contribution in [0.4, 0.5) is 5.69 Å². The van der Waals surface area contributed by atoms with Crippen LogP contribution in [0.1, 0.15) is 20.7 Å². The van der Waals surface area contributed by atoms with Crippen molar-refractivity contribution in [1.82, 2.24) is 5.01 Å². The van der Waals surface area contributed by atoms with Crippen LogP contribution in [0.25, 0.3) is 0 Å². The summed E-state index contributed by atoms with van der Waals surface area (Å²) in [4.78, 5) is 54.7. The average molecular weight is 489 g/mol. The minimum absolute atomic E-state index is 0.0819. The van der Waals surface area contributed by atoms with Gasteiger partial charge >= 0.3 is 5.97 Å². The molecule has 2 aromatic carbocycles. The van der Waals surface area contributed by atoms with Gasteiger partial charge in [0.1, 0.15) is 6.04 Å². The third kappa shape index (κ3) is 3.36. The van der Waals surface area contributed by atoms with Gasteiger partial charge in [-0.2, -0.15) is 5.10 Å². The number of ether oxygens (including phenoxy) is 3. The van der Waals surface area contributed by atoms with E-state index in [1.54, 1.807) is 42.5 Å². The monoisotopic (exact) mass is 489 g/mol. The fraction of sp³-hybridized carbons (Fsp3) is 0.269. The number of esters is 1. The summed E-state index contributed by atoms with van der Waals surface area (Å²) < 4.78 is 15.4. The molecule has 3 aliphatic rings. The fourth-order valence-electron chi connectivity index (χ4n) is 5.19. The number of hydrogen-bond acceptors (Lipinski definition) is 9. The van der Waals surface area contributed by atoms with Crippen molar-refractivity contribution in [2.75, 3.05) is 26.2 Å². The maximum Gasteiger partial charge on any atom is 0.339 e. The summed E-state index contributed by atoms with van der Waals surface area (Å²) in [7, 11) is 4.18. The number of anilines is 1. The summed E-state index contributed by atoms with van der Waals surface area (Å²) in [6.07, 6.45) is 4.96. The highest BCUT2D eigenvalue weighted by Gasteiger charge is 2.64. The second-order valence-electron chi connectivity index (χ2n) is 8.47. The lowest BCUT2D eigenvalue weighted by atomic mass is 9.86. The van der Waals surface area contributed by atoms with Gasteiger partial charge in [-0.1, -0.05) is 18.2 Å². The first kappa shape index (κ1) is 23.3. The maximum atomic E-state index is 13.8. The Balaban J connectivity index is 1.58. The molecule has 2 amide bonds. The van der Waals surface area contributed by atoms with E-state index in [4.69, 9.17) is 14.2 Å². The number of Topliss-reactive ketones (excluding diaryl/α,β-unsaturated/α-hetero) is 1. The van der Waals surface area contributed by atoms with E-state index in [-0.39, 0.29) is 22.6 Å². The molecule has 0 bridgehead atoms. The van der Waals surface area contributed by atoms with Crippen molar-refractivity contribution in [1.29, 1.82) is 0 Å². The third-order valence-corrected chi connectivity index (χ3v) is 6.78. The molecule has 3 heterocycles. The normalized spacial score (nSPS) is 24.0. The molecule has 4 atom stereocenters. The number of hydrogen-bond donors (Lipinski definition) is 0. The average Bonchev–Trinajstić information content (AvgIpc) is 3.39. The number of imide groups is 1.